The zero-order valence-electron chi connectivity index (χ0n) is 14.7. The molecule has 3 heterocycles. The van der Waals surface area contributed by atoms with Crippen molar-refractivity contribution < 1.29 is 14.7 Å². The summed E-state index contributed by atoms with van der Waals surface area (Å²) >= 11 is 1.36. The Hall–Kier alpha value is -2.09. The third-order valence-corrected chi connectivity index (χ3v) is 5.57. The van der Waals surface area contributed by atoms with Crippen LogP contribution in [0.4, 0.5) is 0 Å². The molecule has 0 spiro atoms. The first-order valence-corrected chi connectivity index (χ1v) is 9.57. The highest BCUT2D eigenvalue weighted by atomic mass is 32.1. The van der Waals surface area contributed by atoms with Crippen molar-refractivity contribution in [2.24, 2.45) is 0 Å². The standard InChI is InChI=1S/C19H23N3O3S/c1-13(23)18-8-14(12-26-18)9-19(25)21-16-5-7-22(11-17(16)24)10-15-4-2-3-6-20-15/h2-4,6,8,12,16-17,24H,5,7,9-11H2,1H3,(H,21,25)/t16-,17-/m1/s1. The van der Waals surface area contributed by atoms with Crippen molar-refractivity contribution in [1.82, 2.24) is 15.2 Å². The average Bonchev–Trinajstić information content (AvgIpc) is 3.07. The minimum absolute atomic E-state index is 0.0114. The van der Waals surface area contributed by atoms with Crippen LogP contribution in [0.25, 0.3) is 0 Å². The second kappa shape index (κ2) is 8.53. The Balaban J connectivity index is 1.48. The van der Waals surface area contributed by atoms with Crippen LogP contribution in [0.2, 0.25) is 0 Å². The first-order chi connectivity index (χ1) is 12.5. The molecule has 26 heavy (non-hydrogen) atoms. The monoisotopic (exact) mass is 373 g/mol. The molecular weight excluding hydrogens is 350 g/mol. The quantitative estimate of drug-likeness (QED) is 0.752. The SMILES string of the molecule is CC(=O)c1cc(CC(=O)N[C@@H]2CCN(Cc3ccccn3)C[C@H]2O)cs1. The van der Waals surface area contributed by atoms with E-state index < -0.39 is 6.10 Å². The third-order valence-electron chi connectivity index (χ3n) is 4.49. The summed E-state index contributed by atoms with van der Waals surface area (Å²) in [6.07, 6.45) is 2.08. The Bertz CT molecular complexity index is 762. The first-order valence-electron chi connectivity index (χ1n) is 8.69. The molecule has 1 aliphatic heterocycles. The number of ketones is 1. The number of nitrogens with one attached hydrogen (secondary N) is 1. The predicted molar refractivity (Wildman–Crippen MR) is 100 cm³/mol. The van der Waals surface area contributed by atoms with Gasteiger partial charge in [-0.25, -0.2) is 0 Å². The molecule has 1 fully saturated rings. The second-order valence-electron chi connectivity index (χ2n) is 6.64. The number of amides is 1. The van der Waals surface area contributed by atoms with Crippen LogP contribution in [0.15, 0.2) is 35.8 Å². The largest absolute Gasteiger partial charge is 0.390 e. The molecular formula is C19H23N3O3S. The number of carbonyl (C=O) groups is 2. The van der Waals surface area contributed by atoms with Crippen LogP contribution in [0, 0.1) is 0 Å². The van der Waals surface area contributed by atoms with Crippen LogP contribution in [0.1, 0.15) is 34.3 Å². The first kappa shape index (κ1) is 18.7. The lowest BCUT2D eigenvalue weighted by Gasteiger charge is -2.36. The summed E-state index contributed by atoms with van der Waals surface area (Å²) < 4.78 is 0. The van der Waals surface area contributed by atoms with Gasteiger partial charge < -0.3 is 10.4 Å². The molecule has 1 amide bonds. The summed E-state index contributed by atoms with van der Waals surface area (Å²) in [6.45, 7) is 3.52. The normalized spacial score (nSPS) is 20.7. The van der Waals surface area contributed by atoms with Crippen LogP contribution in [0.3, 0.4) is 0 Å². The number of nitrogens with zero attached hydrogens (tertiary/aromatic N) is 2. The van der Waals surface area contributed by atoms with Gasteiger partial charge in [-0.15, -0.1) is 11.3 Å². The molecule has 2 atom stereocenters. The van der Waals surface area contributed by atoms with E-state index in [2.05, 4.69) is 15.2 Å². The minimum Gasteiger partial charge on any atom is -0.390 e. The molecule has 2 aromatic rings. The van der Waals surface area contributed by atoms with Crippen LogP contribution in [-0.4, -0.2) is 51.9 Å². The highest BCUT2D eigenvalue weighted by Gasteiger charge is 2.29. The van der Waals surface area contributed by atoms with Crippen molar-refractivity contribution in [2.45, 2.75) is 38.5 Å². The number of hydrogen-bond donors (Lipinski definition) is 2. The van der Waals surface area contributed by atoms with Crippen LogP contribution >= 0.6 is 11.3 Å². The van der Waals surface area contributed by atoms with E-state index in [4.69, 9.17) is 0 Å². The number of aliphatic hydroxyl groups is 1. The van der Waals surface area contributed by atoms with Crippen LogP contribution in [0.5, 0.6) is 0 Å². The van der Waals surface area contributed by atoms with Gasteiger partial charge in [-0.1, -0.05) is 6.07 Å². The highest BCUT2D eigenvalue weighted by molar-refractivity contribution is 7.12. The fourth-order valence-corrected chi connectivity index (χ4v) is 3.94. The molecule has 2 aromatic heterocycles. The van der Waals surface area contributed by atoms with Gasteiger partial charge in [-0.05, 0) is 42.5 Å². The summed E-state index contributed by atoms with van der Waals surface area (Å²) in [5, 5.41) is 15.2. The van der Waals surface area contributed by atoms with E-state index in [-0.39, 0.29) is 24.2 Å². The fourth-order valence-electron chi connectivity index (χ4n) is 3.13. The average molecular weight is 373 g/mol. The number of carbonyl (C=O) groups excluding carboxylic acids is 2. The van der Waals surface area contributed by atoms with Crippen molar-refractivity contribution in [2.75, 3.05) is 13.1 Å². The maximum Gasteiger partial charge on any atom is 0.224 e. The number of β-amino-alcohol motifs (C(OH)–C–C–N with tert-alkyl or cyclic N) is 1. The molecule has 0 saturated carbocycles. The van der Waals surface area contributed by atoms with Gasteiger partial charge in [0.2, 0.25) is 5.91 Å². The Morgan fingerprint density at radius 3 is 2.92 bits per heavy atom. The van der Waals surface area contributed by atoms with Crippen molar-refractivity contribution >= 4 is 23.0 Å². The van der Waals surface area contributed by atoms with Gasteiger partial charge in [0, 0.05) is 25.8 Å². The van der Waals surface area contributed by atoms with Gasteiger partial charge in [-0.3, -0.25) is 19.5 Å². The van der Waals surface area contributed by atoms with Crippen molar-refractivity contribution in [3.63, 3.8) is 0 Å². The lowest BCUT2D eigenvalue weighted by atomic mass is 10.0. The summed E-state index contributed by atoms with van der Waals surface area (Å²) in [4.78, 5) is 30.7. The van der Waals surface area contributed by atoms with Gasteiger partial charge >= 0.3 is 0 Å². The molecule has 0 unspecified atom stereocenters. The summed E-state index contributed by atoms with van der Waals surface area (Å²) in [5.74, 6) is -0.113. The van der Waals surface area contributed by atoms with Gasteiger partial charge in [0.25, 0.3) is 0 Å². The minimum atomic E-state index is -0.605. The highest BCUT2D eigenvalue weighted by Crippen LogP contribution is 2.17. The molecule has 3 rings (SSSR count). The summed E-state index contributed by atoms with van der Waals surface area (Å²) in [7, 11) is 0. The molecule has 1 saturated heterocycles. The molecule has 0 radical (unpaired) electrons. The Morgan fingerprint density at radius 1 is 1.42 bits per heavy atom. The Morgan fingerprint density at radius 2 is 2.27 bits per heavy atom. The number of hydrogen-bond acceptors (Lipinski definition) is 6. The molecule has 7 heteroatoms. The second-order valence-corrected chi connectivity index (χ2v) is 7.55. The van der Waals surface area contributed by atoms with Crippen LogP contribution < -0.4 is 5.32 Å². The number of aliphatic hydroxyl groups excluding tert-OH is 1. The zero-order chi connectivity index (χ0) is 18.5. The van der Waals surface area contributed by atoms with Crippen molar-refractivity contribution in [3.8, 4) is 0 Å². The van der Waals surface area contributed by atoms with Crippen LogP contribution in [-0.2, 0) is 17.8 Å². The van der Waals surface area contributed by atoms with E-state index in [0.717, 1.165) is 17.8 Å². The van der Waals surface area contributed by atoms with E-state index in [1.165, 1.54) is 18.3 Å². The molecule has 138 valence electrons. The molecule has 6 nitrogen and oxygen atoms in total. The maximum absolute atomic E-state index is 12.3. The lowest BCUT2D eigenvalue weighted by molar-refractivity contribution is -0.122. The number of pyridine rings is 1. The van der Waals surface area contributed by atoms with Crippen molar-refractivity contribution in [3.05, 3.63) is 52.0 Å². The van der Waals surface area contributed by atoms with E-state index >= 15 is 0 Å². The van der Waals surface area contributed by atoms with Gasteiger partial charge in [0.1, 0.15) is 0 Å². The lowest BCUT2D eigenvalue weighted by Crippen LogP contribution is -2.54. The molecule has 0 aliphatic carbocycles. The number of aromatic nitrogens is 1. The number of likely N-dealkylation sites (tertiary alicyclic amines) is 1. The number of thiophene rings is 1. The smallest absolute Gasteiger partial charge is 0.224 e. The topological polar surface area (TPSA) is 82.5 Å². The predicted octanol–water partition coefficient (Wildman–Crippen LogP) is 1.64. The molecule has 0 aromatic carbocycles. The maximum atomic E-state index is 12.3. The number of Topliss-reactive ketones (excluding diaryl/α,β-unsaturated/α-hetero) is 1. The number of rotatable bonds is 6. The third kappa shape index (κ3) is 4.97. The molecule has 0 bridgehead atoms. The van der Waals surface area contributed by atoms with E-state index in [0.29, 0.717) is 24.4 Å². The summed E-state index contributed by atoms with van der Waals surface area (Å²) in [5.41, 5.74) is 1.81. The van der Waals surface area contributed by atoms with Crippen molar-refractivity contribution in [1.29, 1.82) is 0 Å². The molecule has 2 N–H and O–H groups in total. The van der Waals surface area contributed by atoms with Gasteiger partial charge in [0.05, 0.1) is 29.1 Å². The van der Waals surface area contributed by atoms with Gasteiger partial charge in [-0.2, -0.15) is 0 Å². The van der Waals surface area contributed by atoms with Gasteiger partial charge in [0.15, 0.2) is 5.78 Å². The fraction of sp³-hybridized carbons (Fsp3) is 0.421. The van der Waals surface area contributed by atoms with E-state index in [1.807, 2.05) is 23.6 Å². The zero-order valence-corrected chi connectivity index (χ0v) is 15.5. The number of piperidine rings is 1. The Labute approximate surface area is 156 Å². The Kier molecular flexibility index (Phi) is 6.13. The van der Waals surface area contributed by atoms with E-state index in [1.54, 1.807) is 12.3 Å². The van der Waals surface area contributed by atoms with E-state index in [9.17, 15) is 14.7 Å². The molecule has 1 aliphatic rings. The summed E-state index contributed by atoms with van der Waals surface area (Å²) in [6, 6.07) is 7.32.